The number of fused-ring (bicyclic) bond motifs is 1. The van der Waals surface area contributed by atoms with Gasteiger partial charge in [0.05, 0.1) is 0 Å². The van der Waals surface area contributed by atoms with Crippen molar-refractivity contribution in [2.75, 3.05) is 13.2 Å². The van der Waals surface area contributed by atoms with Crippen LogP contribution in [0.1, 0.15) is 0 Å². The van der Waals surface area contributed by atoms with Crippen LogP contribution in [0.25, 0.3) is 0 Å². The van der Waals surface area contributed by atoms with Crippen LogP contribution in [0.15, 0.2) is 11.4 Å². The highest BCUT2D eigenvalue weighted by molar-refractivity contribution is 7.12. The van der Waals surface area contributed by atoms with E-state index in [1.165, 1.54) is 0 Å². The van der Waals surface area contributed by atoms with Gasteiger partial charge in [-0.15, -0.1) is 11.3 Å². The van der Waals surface area contributed by atoms with Crippen LogP contribution in [0, 0.1) is 0 Å². The molecular weight excluding hydrogens is 164 g/mol. The average molecular weight is 174 g/mol. The highest BCUT2D eigenvalue weighted by Crippen LogP contribution is 2.35. The van der Waals surface area contributed by atoms with Gasteiger partial charge in [0.1, 0.15) is 13.2 Å². The Hall–Kier alpha value is -0.483. The number of hydrogen-bond donors (Lipinski definition) is 0. The van der Waals surface area contributed by atoms with E-state index < -0.39 is 0 Å². The first kappa shape index (κ1) is 7.62. The molecule has 0 saturated carbocycles. The van der Waals surface area contributed by atoms with Crippen molar-refractivity contribution in [3.63, 3.8) is 0 Å². The van der Waals surface area contributed by atoms with Crippen molar-refractivity contribution < 1.29 is 9.47 Å². The number of thiophene rings is 1. The average Bonchev–Trinajstić information content (AvgIpc) is 2.33. The smallest absolute Gasteiger partial charge is 0.217 e. The summed E-state index contributed by atoms with van der Waals surface area (Å²) < 4.78 is 10.5. The summed E-state index contributed by atoms with van der Waals surface area (Å²) in [6, 6.07) is 1.93. The van der Waals surface area contributed by atoms with Crippen LogP contribution >= 0.6 is 11.3 Å². The van der Waals surface area contributed by atoms with Gasteiger partial charge in [-0.2, -0.15) is 0 Å². The van der Waals surface area contributed by atoms with Crippen molar-refractivity contribution in [2.24, 2.45) is 0 Å². The van der Waals surface area contributed by atoms with Crippen LogP contribution in [0.4, 0.5) is 0 Å². The number of ether oxygens (including phenoxy) is 2. The first-order valence-electron chi connectivity index (χ1n) is 2.80. The monoisotopic (exact) mass is 174 g/mol. The predicted octanol–water partition coefficient (Wildman–Crippen LogP) is 0.0677. The van der Waals surface area contributed by atoms with Gasteiger partial charge >= 0.3 is 0 Å². The Labute approximate surface area is 67.8 Å². The fourth-order valence-corrected chi connectivity index (χ4v) is 1.49. The van der Waals surface area contributed by atoms with E-state index in [2.05, 4.69) is 0 Å². The second-order valence-electron chi connectivity index (χ2n) is 1.77. The highest BCUT2D eigenvalue weighted by atomic mass is 32.1. The van der Waals surface area contributed by atoms with Crippen molar-refractivity contribution >= 4 is 22.3 Å². The highest BCUT2D eigenvalue weighted by Gasteiger charge is 2.10. The lowest BCUT2D eigenvalue weighted by Crippen LogP contribution is -2.13. The van der Waals surface area contributed by atoms with E-state index in [-0.39, 0.29) is 11.0 Å². The summed E-state index contributed by atoms with van der Waals surface area (Å²) in [4.78, 5) is 0. The third-order valence-electron chi connectivity index (χ3n) is 1.17. The summed E-state index contributed by atoms with van der Waals surface area (Å²) in [7, 11) is 0. The molecule has 2 heterocycles. The Morgan fingerprint density at radius 1 is 1.30 bits per heavy atom. The van der Waals surface area contributed by atoms with Gasteiger partial charge in [0, 0.05) is 0 Å². The standard InChI is InChI=1S/C6H6O2S.H4Si/c1-4-9-6-5(1)7-2-3-8-6;/h1,4H,2-3H2;1H4. The van der Waals surface area contributed by atoms with Gasteiger partial charge in [0.2, 0.25) is 5.06 Å². The van der Waals surface area contributed by atoms with Crippen LogP contribution in [0.3, 0.4) is 0 Å². The zero-order valence-corrected chi connectivity index (χ0v) is 5.61. The minimum atomic E-state index is 0. The first-order chi connectivity index (χ1) is 4.47. The Balaban J connectivity index is 0.000000500. The molecule has 4 heteroatoms. The van der Waals surface area contributed by atoms with E-state index in [9.17, 15) is 0 Å². The Morgan fingerprint density at radius 2 is 2.10 bits per heavy atom. The zero-order chi connectivity index (χ0) is 6.10. The van der Waals surface area contributed by atoms with Gasteiger partial charge in [-0.3, -0.25) is 0 Å². The molecule has 0 aliphatic carbocycles. The van der Waals surface area contributed by atoms with Crippen molar-refractivity contribution in [3.8, 4) is 10.8 Å². The predicted molar refractivity (Wildman–Crippen MR) is 46.6 cm³/mol. The third kappa shape index (κ3) is 1.17. The summed E-state index contributed by atoms with van der Waals surface area (Å²) >= 11 is 1.58. The molecule has 0 spiro atoms. The molecule has 56 valence electrons. The molecule has 0 amide bonds. The van der Waals surface area contributed by atoms with E-state index in [1.54, 1.807) is 11.3 Å². The van der Waals surface area contributed by atoms with Crippen LogP contribution in [-0.2, 0) is 0 Å². The molecule has 0 bridgehead atoms. The maximum absolute atomic E-state index is 5.26. The minimum absolute atomic E-state index is 0. The van der Waals surface area contributed by atoms with Crippen molar-refractivity contribution in [1.29, 1.82) is 0 Å². The van der Waals surface area contributed by atoms with E-state index in [0.717, 1.165) is 10.8 Å². The lowest BCUT2D eigenvalue weighted by Gasteiger charge is -2.13. The first-order valence-corrected chi connectivity index (χ1v) is 3.68. The minimum Gasteiger partial charge on any atom is -0.485 e. The molecule has 0 unspecified atom stereocenters. The molecule has 0 fully saturated rings. The molecule has 2 rings (SSSR count). The van der Waals surface area contributed by atoms with Crippen LogP contribution < -0.4 is 9.47 Å². The summed E-state index contributed by atoms with van der Waals surface area (Å²) in [6.45, 7) is 1.37. The topological polar surface area (TPSA) is 18.5 Å². The molecule has 0 aromatic carbocycles. The molecule has 10 heavy (non-hydrogen) atoms. The molecule has 2 nitrogen and oxygen atoms in total. The van der Waals surface area contributed by atoms with Crippen molar-refractivity contribution in [2.45, 2.75) is 0 Å². The van der Waals surface area contributed by atoms with Gasteiger partial charge in [0.25, 0.3) is 0 Å². The van der Waals surface area contributed by atoms with E-state index in [4.69, 9.17) is 9.47 Å². The summed E-state index contributed by atoms with van der Waals surface area (Å²) in [5, 5.41) is 2.89. The van der Waals surface area contributed by atoms with Crippen molar-refractivity contribution in [3.05, 3.63) is 11.4 Å². The molecule has 1 aliphatic heterocycles. The third-order valence-corrected chi connectivity index (χ3v) is 1.98. The van der Waals surface area contributed by atoms with Crippen LogP contribution in [0.2, 0.25) is 0 Å². The molecule has 0 atom stereocenters. The molecule has 0 N–H and O–H groups in total. The maximum atomic E-state index is 5.26. The summed E-state index contributed by atoms with van der Waals surface area (Å²) in [5.74, 6) is 0.895. The molecule has 1 aliphatic rings. The van der Waals surface area contributed by atoms with Crippen LogP contribution in [-0.4, -0.2) is 24.2 Å². The van der Waals surface area contributed by atoms with E-state index in [1.807, 2.05) is 11.4 Å². The Bertz CT molecular complexity index is 191. The SMILES string of the molecule is [SiH4].c1cc2c(s1)OCCO2. The van der Waals surface area contributed by atoms with E-state index >= 15 is 0 Å². The summed E-state index contributed by atoms with van der Waals surface area (Å²) in [6.07, 6.45) is 0. The molecule has 0 radical (unpaired) electrons. The molecule has 0 saturated heterocycles. The molecule has 1 aromatic rings. The number of hydrogen-bond acceptors (Lipinski definition) is 3. The summed E-state index contributed by atoms with van der Waals surface area (Å²) in [5.41, 5.74) is 0. The van der Waals surface area contributed by atoms with Gasteiger partial charge in [-0.05, 0) is 22.4 Å². The van der Waals surface area contributed by atoms with Gasteiger partial charge in [-0.25, -0.2) is 0 Å². The van der Waals surface area contributed by atoms with Gasteiger partial charge < -0.3 is 9.47 Å². The van der Waals surface area contributed by atoms with Gasteiger partial charge in [0.15, 0.2) is 5.75 Å². The molecule has 1 aromatic heterocycles. The van der Waals surface area contributed by atoms with E-state index in [0.29, 0.717) is 13.2 Å². The maximum Gasteiger partial charge on any atom is 0.217 e. The van der Waals surface area contributed by atoms with Crippen LogP contribution in [0.5, 0.6) is 10.8 Å². The lowest BCUT2D eigenvalue weighted by molar-refractivity contribution is 0.178. The fourth-order valence-electron chi connectivity index (χ4n) is 0.782. The zero-order valence-electron chi connectivity index (χ0n) is 4.79. The van der Waals surface area contributed by atoms with Crippen molar-refractivity contribution in [1.82, 2.24) is 0 Å². The molecular formula is C6H10O2SSi. The lowest BCUT2D eigenvalue weighted by atomic mass is 10.5. The Morgan fingerprint density at radius 3 is 2.90 bits per heavy atom. The normalized spacial score (nSPS) is 14.0. The second-order valence-corrected chi connectivity index (χ2v) is 2.65. The number of rotatable bonds is 0. The largest absolute Gasteiger partial charge is 0.485 e. The van der Waals surface area contributed by atoms with Gasteiger partial charge in [-0.1, -0.05) is 0 Å². The fraction of sp³-hybridized carbons (Fsp3) is 0.333. The quantitative estimate of drug-likeness (QED) is 0.518. The Kier molecular flexibility index (Phi) is 2.34. The second kappa shape index (κ2) is 3.07.